The Kier molecular flexibility index (Phi) is 7.38. The van der Waals surface area contributed by atoms with E-state index in [2.05, 4.69) is 10.6 Å². The van der Waals surface area contributed by atoms with E-state index in [1.54, 1.807) is 12.1 Å². The van der Waals surface area contributed by atoms with Crippen molar-refractivity contribution in [2.75, 3.05) is 12.0 Å². The van der Waals surface area contributed by atoms with Gasteiger partial charge in [-0.2, -0.15) is 0 Å². The van der Waals surface area contributed by atoms with Gasteiger partial charge in [-0.25, -0.2) is 8.42 Å². The molecule has 0 unspecified atom stereocenters. The Balaban J connectivity index is 2.05. The minimum absolute atomic E-state index is 0.0151. The number of halogens is 1. The molecule has 2 N–H and O–H groups in total. The van der Waals surface area contributed by atoms with Crippen LogP contribution in [0.4, 0.5) is 0 Å². The largest absolute Gasteiger partial charge is 0.350 e. The van der Waals surface area contributed by atoms with Crippen LogP contribution in [0.15, 0.2) is 54.6 Å². The lowest BCUT2D eigenvalue weighted by Gasteiger charge is -2.18. The molecular formula is C19H21ClN2O4S. The van der Waals surface area contributed by atoms with Gasteiger partial charge in [0.05, 0.1) is 5.75 Å². The molecule has 0 aromatic heterocycles. The second-order valence-electron chi connectivity index (χ2n) is 6.15. The Bertz CT molecular complexity index is 884. The standard InChI is InChI=1S/C19H21ClN2O4S/c1-27(25,26)12-11-17(19(24)21-13-14-5-3-2-4-6-14)22-18(23)15-7-9-16(20)10-8-15/h2-10,17H,11-13H2,1H3,(H,21,24)(H,22,23)/t17-/m1/s1. The first-order valence-electron chi connectivity index (χ1n) is 8.30. The van der Waals surface area contributed by atoms with Crippen LogP contribution in [-0.2, 0) is 21.2 Å². The van der Waals surface area contributed by atoms with Gasteiger partial charge in [0.2, 0.25) is 5.91 Å². The zero-order valence-corrected chi connectivity index (χ0v) is 16.4. The summed E-state index contributed by atoms with van der Waals surface area (Å²) in [6.45, 7) is 0.284. The lowest BCUT2D eigenvalue weighted by molar-refractivity contribution is -0.123. The average molecular weight is 409 g/mol. The van der Waals surface area contributed by atoms with E-state index < -0.39 is 27.7 Å². The molecule has 0 saturated heterocycles. The van der Waals surface area contributed by atoms with Gasteiger partial charge in [-0.15, -0.1) is 0 Å². The quantitative estimate of drug-likeness (QED) is 0.700. The Labute approximate surface area is 163 Å². The molecule has 0 saturated carbocycles. The summed E-state index contributed by atoms with van der Waals surface area (Å²) in [5.74, 6) is -1.12. The van der Waals surface area contributed by atoms with Crippen LogP contribution in [0, 0.1) is 0 Å². The van der Waals surface area contributed by atoms with E-state index in [4.69, 9.17) is 11.6 Å². The smallest absolute Gasteiger partial charge is 0.251 e. The van der Waals surface area contributed by atoms with E-state index in [0.717, 1.165) is 11.8 Å². The van der Waals surface area contributed by atoms with Crippen LogP contribution in [0.2, 0.25) is 5.02 Å². The van der Waals surface area contributed by atoms with Gasteiger partial charge in [0.1, 0.15) is 15.9 Å². The van der Waals surface area contributed by atoms with Crippen molar-refractivity contribution in [1.29, 1.82) is 0 Å². The first kappa shape index (κ1) is 20.9. The number of carbonyl (C=O) groups is 2. The molecule has 0 heterocycles. The number of carbonyl (C=O) groups excluding carboxylic acids is 2. The van der Waals surface area contributed by atoms with Crippen molar-refractivity contribution < 1.29 is 18.0 Å². The molecule has 8 heteroatoms. The van der Waals surface area contributed by atoms with Gasteiger partial charge in [0, 0.05) is 23.4 Å². The number of amides is 2. The molecule has 2 amide bonds. The van der Waals surface area contributed by atoms with Crippen LogP contribution in [0.25, 0.3) is 0 Å². The summed E-state index contributed by atoms with van der Waals surface area (Å²) < 4.78 is 22.9. The van der Waals surface area contributed by atoms with Crippen molar-refractivity contribution in [2.24, 2.45) is 0 Å². The molecule has 2 aromatic rings. The van der Waals surface area contributed by atoms with Gasteiger partial charge in [0.15, 0.2) is 0 Å². The van der Waals surface area contributed by atoms with Gasteiger partial charge < -0.3 is 10.6 Å². The van der Waals surface area contributed by atoms with E-state index in [1.807, 2.05) is 30.3 Å². The van der Waals surface area contributed by atoms with Gasteiger partial charge in [-0.3, -0.25) is 9.59 Å². The number of hydrogen-bond acceptors (Lipinski definition) is 4. The minimum Gasteiger partial charge on any atom is -0.350 e. The predicted octanol–water partition coefficient (Wildman–Crippen LogP) is 2.19. The van der Waals surface area contributed by atoms with Crippen LogP contribution in [0.3, 0.4) is 0 Å². The van der Waals surface area contributed by atoms with Crippen LogP contribution in [0.5, 0.6) is 0 Å². The Hall–Kier alpha value is -2.38. The SMILES string of the molecule is CS(=O)(=O)CC[C@@H](NC(=O)c1ccc(Cl)cc1)C(=O)NCc1ccccc1. The van der Waals surface area contributed by atoms with Crippen LogP contribution >= 0.6 is 11.6 Å². The van der Waals surface area contributed by atoms with Crippen molar-refractivity contribution in [3.8, 4) is 0 Å². The molecule has 6 nitrogen and oxygen atoms in total. The average Bonchev–Trinajstić information content (AvgIpc) is 2.63. The van der Waals surface area contributed by atoms with E-state index in [-0.39, 0.29) is 18.7 Å². The topological polar surface area (TPSA) is 92.3 Å². The highest BCUT2D eigenvalue weighted by Crippen LogP contribution is 2.10. The first-order valence-corrected chi connectivity index (χ1v) is 10.7. The molecule has 27 heavy (non-hydrogen) atoms. The van der Waals surface area contributed by atoms with Crippen molar-refractivity contribution in [3.05, 3.63) is 70.7 Å². The fourth-order valence-corrected chi connectivity index (χ4v) is 3.14. The fraction of sp³-hybridized carbons (Fsp3) is 0.263. The summed E-state index contributed by atoms with van der Waals surface area (Å²) in [7, 11) is -3.27. The molecule has 0 fully saturated rings. The third kappa shape index (κ3) is 7.40. The Morgan fingerprint density at radius 2 is 1.67 bits per heavy atom. The molecule has 0 aliphatic rings. The number of nitrogens with one attached hydrogen (secondary N) is 2. The lowest BCUT2D eigenvalue weighted by Crippen LogP contribution is -2.47. The summed E-state index contributed by atoms with van der Waals surface area (Å²) in [6, 6.07) is 14.5. The molecule has 1 atom stereocenters. The van der Waals surface area contributed by atoms with E-state index in [9.17, 15) is 18.0 Å². The molecule has 0 bridgehead atoms. The molecule has 0 radical (unpaired) electrons. The van der Waals surface area contributed by atoms with Crippen molar-refractivity contribution in [3.63, 3.8) is 0 Å². The molecule has 2 rings (SSSR count). The van der Waals surface area contributed by atoms with E-state index in [0.29, 0.717) is 10.6 Å². The molecule has 0 aliphatic heterocycles. The fourth-order valence-electron chi connectivity index (χ4n) is 2.35. The van der Waals surface area contributed by atoms with Crippen LogP contribution in [0.1, 0.15) is 22.3 Å². The van der Waals surface area contributed by atoms with Gasteiger partial charge in [0.25, 0.3) is 5.91 Å². The highest BCUT2D eigenvalue weighted by atomic mass is 35.5. The zero-order valence-electron chi connectivity index (χ0n) is 14.8. The maximum absolute atomic E-state index is 12.5. The molecular weight excluding hydrogens is 388 g/mol. The van der Waals surface area contributed by atoms with Crippen molar-refractivity contribution in [2.45, 2.75) is 19.0 Å². The van der Waals surface area contributed by atoms with Gasteiger partial charge in [-0.1, -0.05) is 41.9 Å². The summed E-state index contributed by atoms with van der Waals surface area (Å²) in [5.41, 5.74) is 1.23. The second-order valence-corrected chi connectivity index (χ2v) is 8.85. The molecule has 144 valence electrons. The van der Waals surface area contributed by atoms with E-state index >= 15 is 0 Å². The number of sulfone groups is 1. The second kappa shape index (κ2) is 9.53. The molecule has 0 spiro atoms. The number of rotatable bonds is 8. The zero-order chi connectivity index (χ0) is 19.9. The predicted molar refractivity (Wildman–Crippen MR) is 105 cm³/mol. The summed E-state index contributed by atoms with van der Waals surface area (Å²) in [6.07, 6.45) is 1.08. The molecule has 2 aromatic carbocycles. The Morgan fingerprint density at radius 1 is 1.04 bits per heavy atom. The summed E-state index contributed by atoms with van der Waals surface area (Å²) >= 11 is 5.81. The van der Waals surface area contributed by atoms with Gasteiger partial charge in [-0.05, 0) is 36.2 Å². The highest BCUT2D eigenvalue weighted by Gasteiger charge is 2.23. The highest BCUT2D eigenvalue weighted by molar-refractivity contribution is 7.90. The third-order valence-electron chi connectivity index (χ3n) is 3.82. The lowest BCUT2D eigenvalue weighted by atomic mass is 10.1. The maximum Gasteiger partial charge on any atom is 0.251 e. The van der Waals surface area contributed by atoms with Gasteiger partial charge >= 0.3 is 0 Å². The van der Waals surface area contributed by atoms with Crippen molar-refractivity contribution >= 4 is 33.3 Å². The van der Waals surface area contributed by atoms with Crippen molar-refractivity contribution in [1.82, 2.24) is 10.6 Å². The van der Waals surface area contributed by atoms with Crippen LogP contribution in [-0.4, -0.2) is 38.3 Å². The normalized spacial score (nSPS) is 12.2. The third-order valence-corrected chi connectivity index (χ3v) is 5.04. The molecule has 0 aliphatic carbocycles. The first-order chi connectivity index (χ1) is 12.7. The van der Waals surface area contributed by atoms with E-state index in [1.165, 1.54) is 12.1 Å². The monoisotopic (exact) mass is 408 g/mol. The van der Waals surface area contributed by atoms with Crippen LogP contribution < -0.4 is 10.6 Å². The Morgan fingerprint density at radius 3 is 2.26 bits per heavy atom. The number of benzene rings is 2. The maximum atomic E-state index is 12.5. The summed E-state index contributed by atoms with van der Waals surface area (Å²) in [4.78, 5) is 24.9. The minimum atomic E-state index is -3.27. The number of hydrogen-bond donors (Lipinski definition) is 2. The summed E-state index contributed by atoms with van der Waals surface area (Å²) in [5, 5.41) is 5.82.